The summed E-state index contributed by atoms with van der Waals surface area (Å²) in [4.78, 5) is 10.3. The minimum Gasteiger partial charge on any atom is -0.248 e. The normalized spacial score (nSPS) is 11.6. The highest BCUT2D eigenvalue weighted by Gasteiger charge is 2.13. The van der Waals surface area contributed by atoms with Crippen molar-refractivity contribution in [3.8, 4) is 33.6 Å². The third kappa shape index (κ3) is 4.04. The third-order valence-corrected chi connectivity index (χ3v) is 8.80. The van der Waals surface area contributed by atoms with Crippen molar-refractivity contribution < 1.29 is 0 Å². The van der Waals surface area contributed by atoms with Crippen molar-refractivity contribution in [3.63, 3.8) is 0 Å². The van der Waals surface area contributed by atoms with Gasteiger partial charge in [0.1, 0.15) is 0 Å². The number of aromatic nitrogens is 2. The predicted octanol–water partition coefficient (Wildman–Crippen LogP) is 11.2. The molecule has 9 rings (SSSR count). The Morgan fingerprint density at radius 3 is 1.64 bits per heavy atom. The smallest absolute Gasteiger partial charge is 0.0794 e. The summed E-state index contributed by atoms with van der Waals surface area (Å²) in [5, 5.41) is 9.59. The molecule has 204 valence electrons. The molecule has 9 aromatic rings. The topological polar surface area (TPSA) is 25.8 Å². The molecule has 0 atom stereocenters. The maximum absolute atomic E-state index is 5.34. The minimum absolute atomic E-state index is 0.969. The number of fused-ring (bicyclic) bond motifs is 6. The van der Waals surface area contributed by atoms with Crippen molar-refractivity contribution in [1.29, 1.82) is 0 Å². The van der Waals surface area contributed by atoms with Gasteiger partial charge in [-0.15, -0.1) is 0 Å². The van der Waals surface area contributed by atoms with Gasteiger partial charge in [0.25, 0.3) is 0 Å². The van der Waals surface area contributed by atoms with Crippen molar-refractivity contribution >= 4 is 54.1 Å². The second kappa shape index (κ2) is 9.86. The first-order valence-corrected chi connectivity index (χ1v) is 15.0. The maximum Gasteiger partial charge on any atom is 0.0794 e. The minimum atomic E-state index is 0.969. The molecule has 2 aromatic heterocycles. The van der Waals surface area contributed by atoms with Crippen LogP contribution in [-0.2, 0) is 0 Å². The first-order valence-electron chi connectivity index (χ1n) is 15.0. The van der Waals surface area contributed by atoms with E-state index in [2.05, 4.69) is 152 Å². The standard InChI is InChI=1S/C42H26N2/c1-2-9-30(10-3-1)41-35-12-6-4-11-31(35)24-34-21-23-40(44-42(34)41)33-19-17-28-15-14-27-16-18-32(25-36(27)37(28)26-33)39-22-20-29-8-5-7-13-38(29)43-39/h1-26H. The summed E-state index contributed by atoms with van der Waals surface area (Å²) in [7, 11) is 0. The molecule has 0 N–H and O–H groups in total. The van der Waals surface area contributed by atoms with E-state index in [1.165, 1.54) is 43.4 Å². The number of benzene rings is 7. The Hall–Kier alpha value is -5.86. The Morgan fingerprint density at radius 1 is 0.318 bits per heavy atom. The number of hydrogen-bond donors (Lipinski definition) is 0. The molecule has 0 aliphatic carbocycles. The molecule has 0 radical (unpaired) electrons. The van der Waals surface area contributed by atoms with Gasteiger partial charge >= 0.3 is 0 Å². The number of para-hydroxylation sites is 1. The van der Waals surface area contributed by atoms with Crippen LogP contribution < -0.4 is 0 Å². The van der Waals surface area contributed by atoms with E-state index in [4.69, 9.17) is 9.97 Å². The van der Waals surface area contributed by atoms with Gasteiger partial charge in [0.05, 0.1) is 22.4 Å². The van der Waals surface area contributed by atoms with Gasteiger partial charge in [0, 0.05) is 27.5 Å². The molecule has 0 aliphatic heterocycles. The number of pyridine rings is 2. The largest absolute Gasteiger partial charge is 0.248 e. The van der Waals surface area contributed by atoms with Crippen molar-refractivity contribution in [2.75, 3.05) is 0 Å². The van der Waals surface area contributed by atoms with Crippen LogP contribution in [-0.4, -0.2) is 9.97 Å². The zero-order valence-electron chi connectivity index (χ0n) is 23.9. The van der Waals surface area contributed by atoms with Crippen LogP contribution in [0.15, 0.2) is 158 Å². The lowest BCUT2D eigenvalue weighted by Crippen LogP contribution is -1.91. The van der Waals surface area contributed by atoms with Crippen LogP contribution in [0.1, 0.15) is 0 Å². The lowest BCUT2D eigenvalue weighted by atomic mass is 9.94. The quantitative estimate of drug-likeness (QED) is 0.159. The summed E-state index contributed by atoms with van der Waals surface area (Å²) < 4.78 is 0. The molecule has 2 heteroatoms. The van der Waals surface area contributed by atoms with E-state index in [1.807, 2.05) is 6.07 Å². The molecule has 0 fully saturated rings. The average molecular weight is 559 g/mol. The summed E-state index contributed by atoms with van der Waals surface area (Å²) in [6.07, 6.45) is 0. The fraction of sp³-hybridized carbons (Fsp3) is 0. The molecule has 0 spiro atoms. The Bertz CT molecular complexity index is 2550. The molecular weight excluding hydrogens is 532 g/mol. The van der Waals surface area contributed by atoms with Crippen LogP contribution in [0.25, 0.3) is 87.8 Å². The second-order valence-corrected chi connectivity index (χ2v) is 11.4. The van der Waals surface area contributed by atoms with Gasteiger partial charge in [-0.05, 0) is 74.3 Å². The van der Waals surface area contributed by atoms with Gasteiger partial charge in [-0.2, -0.15) is 0 Å². The number of rotatable bonds is 3. The molecule has 0 saturated carbocycles. The Balaban J connectivity index is 1.23. The van der Waals surface area contributed by atoms with Crippen LogP contribution in [0.5, 0.6) is 0 Å². The summed E-state index contributed by atoms with van der Waals surface area (Å²) in [5.41, 5.74) is 8.56. The van der Waals surface area contributed by atoms with Crippen LogP contribution >= 0.6 is 0 Å². The van der Waals surface area contributed by atoms with Crippen molar-refractivity contribution in [2.24, 2.45) is 0 Å². The molecule has 0 unspecified atom stereocenters. The zero-order valence-corrected chi connectivity index (χ0v) is 23.9. The van der Waals surface area contributed by atoms with Gasteiger partial charge in [-0.25, -0.2) is 9.97 Å². The zero-order chi connectivity index (χ0) is 29.0. The van der Waals surface area contributed by atoms with Gasteiger partial charge in [0.2, 0.25) is 0 Å². The Kier molecular flexibility index (Phi) is 5.54. The lowest BCUT2D eigenvalue weighted by Gasteiger charge is -2.13. The maximum atomic E-state index is 5.34. The second-order valence-electron chi connectivity index (χ2n) is 11.4. The average Bonchev–Trinajstić information content (AvgIpc) is 3.10. The summed E-state index contributed by atoms with van der Waals surface area (Å²) in [6.45, 7) is 0. The van der Waals surface area contributed by atoms with E-state index in [-0.39, 0.29) is 0 Å². The fourth-order valence-electron chi connectivity index (χ4n) is 6.58. The molecule has 0 bridgehead atoms. The van der Waals surface area contributed by atoms with E-state index in [0.29, 0.717) is 0 Å². The first-order chi connectivity index (χ1) is 21.8. The highest BCUT2D eigenvalue weighted by Crippen LogP contribution is 2.38. The highest BCUT2D eigenvalue weighted by atomic mass is 14.7. The van der Waals surface area contributed by atoms with Crippen molar-refractivity contribution in [3.05, 3.63) is 158 Å². The van der Waals surface area contributed by atoms with E-state index >= 15 is 0 Å². The molecule has 44 heavy (non-hydrogen) atoms. The Morgan fingerprint density at radius 2 is 0.886 bits per heavy atom. The summed E-state index contributed by atoms with van der Waals surface area (Å²) in [5.74, 6) is 0. The Labute approximate surface area is 254 Å². The van der Waals surface area contributed by atoms with Gasteiger partial charge in [0.15, 0.2) is 0 Å². The highest BCUT2D eigenvalue weighted by molar-refractivity contribution is 6.12. The molecule has 0 amide bonds. The molecule has 7 aromatic carbocycles. The predicted molar refractivity (Wildman–Crippen MR) is 186 cm³/mol. The number of hydrogen-bond acceptors (Lipinski definition) is 2. The van der Waals surface area contributed by atoms with Gasteiger partial charge in [-0.3, -0.25) is 0 Å². The SMILES string of the molecule is c1ccc(-c2c3ccccc3cc3ccc(-c4ccc5ccc6ccc(-c7ccc8ccccc8n7)cc6c5c4)nc23)cc1. The molecular formula is C42H26N2. The molecule has 2 nitrogen and oxygen atoms in total. The van der Waals surface area contributed by atoms with E-state index in [9.17, 15) is 0 Å². The van der Waals surface area contributed by atoms with Crippen molar-refractivity contribution in [1.82, 2.24) is 9.97 Å². The van der Waals surface area contributed by atoms with Crippen LogP contribution in [0.2, 0.25) is 0 Å². The van der Waals surface area contributed by atoms with Crippen LogP contribution in [0.3, 0.4) is 0 Å². The van der Waals surface area contributed by atoms with E-state index in [0.717, 1.165) is 44.3 Å². The summed E-state index contributed by atoms with van der Waals surface area (Å²) in [6, 6.07) is 56.2. The number of nitrogens with zero attached hydrogens (tertiary/aromatic N) is 2. The van der Waals surface area contributed by atoms with E-state index < -0.39 is 0 Å². The molecule has 2 heterocycles. The third-order valence-electron chi connectivity index (χ3n) is 8.80. The lowest BCUT2D eigenvalue weighted by molar-refractivity contribution is 1.40. The van der Waals surface area contributed by atoms with Crippen LogP contribution in [0.4, 0.5) is 0 Å². The molecule has 0 aliphatic rings. The monoisotopic (exact) mass is 558 g/mol. The van der Waals surface area contributed by atoms with Gasteiger partial charge < -0.3 is 0 Å². The van der Waals surface area contributed by atoms with Gasteiger partial charge in [-0.1, -0.05) is 121 Å². The van der Waals surface area contributed by atoms with E-state index in [1.54, 1.807) is 0 Å². The van der Waals surface area contributed by atoms with Crippen LogP contribution in [0, 0.1) is 0 Å². The fourth-order valence-corrected chi connectivity index (χ4v) is 6.58. The first kappa shape index (κ1) is 24.7. The molecule has 0 saturated heterocycles. The van der Waals surface area contributed by atoms with Crippen molar-refractivity contribution in [2.45, 2.75) is 0 Å². The summed E-state index contributed by atoms with van der Waals surface area (Å²) >= 11 is 0.